The highest BCUT2D eigenvalue weighted by atomic mass is 16.5. The first-order valence-corrected chi connectivity index (χ1v) is 10.3. The van der Waals surface area contributed by atoms with Crippen molar-refractivity contribution in [3.05, 3.63) is 82.0 Å². The lowest BCUT2D eigenvalue weighted by atomic mass is 10.0. The highest BCUT2D eigenvalue weighted by Gasteiger charge is 2.17. The van der Waals surface area contributed by atoms with Gasteiger partial charge in [0.05, 0.1) is 39.4 Å². The lowest BCUT2D eigenvalue weighted by molar-refractivity contribution is 0.394. The second kappa shape index (κ2) is 9.53. The molecule has 0 atom stereocenters. The van der Waals surface area contributed by atoms with E-state index >= 15 is 0 Å². The Labute approximate surface area is 191 Å². The highest BCUT2D eigenvalue weighted by Crippen LogP contribution is 2.39. The van der Waals surface area contributed by atoms with Crippen molar-refractivity contribution in [2.75, 3.05) is 28.4 Å². The molecule has 33 heavy (non-hydrogen) atoms. The number of hydrogen-bond donors (Lipinski definition) is 0. The Morgan fingerprint density at radius 1 is 0.697 bits per heavy atom. The van der Waals surface area contributed by atoms with Crippen molar-refractivity contribution in [3.8, 4) is 34.3 Å². The minimum atomic E-state index is -0.173. The molecular formula is C27H24O6. The molecule has 4 aromatic rings. The summed E-state index contributed by atoms with van der Waals surface area (Å²) >= 11 is 0. The normalized spacial score (nSPS) is 11.0. The Morgan fingerprint density at radius 2 is 1.39 bits per heavy atom. The average Bonchev–Trinajstić information content (AvgIpc) is 2.86. The van der Waals surface area contributed by atoms with Crippen LogP contribution in [0, 0.1) is 0 Å². The topological polar surface area (TPSA) is 67.1 Å². The van der Waals surface area contributed by atoms with Crippen LogP contribution >= 0.6 is 0 Å². The van der Waals surface area contributed by atoms with E-state index in [1.54, 1.807) is 52.7 Å². The monoisotopic (exact) mass is 444 g/mol. The van der Waals surface area contributed by atoms with Crippen molar-refractivity contribution in [2.24, 2.45) is 0 Å². The molecule has 0 spiro atoms. The Balaban J connectivity index is 1.88. The van der Waals surface area contributed by atoms with Gasteiger partial charge >= 0.3 is 0 Å². The average molecular weight is 444 g/mol. The first-order chi connectivity index (χ1) is 16.1. The molecule has 0 radical (unpaired) electrons. The second-order valence-electron chi connectivity index (χ2n) is 7.24. The third kappa shape index (κ3) is 4.55. The molecule has 4 rings (SSSR count). The maximum Gasteiger partial charge on any atom is 0.193 e. The maximum absolute atomic E-state index is 12.9. The van der Waals surface area contributed by atoms with E-state index in [-0.39, 0.29) is 5.43 Å². The van der Waals surface area contributed by atoms with Gasteiger partial charge in [0.2, 0.25) is 0 Å². The summed E-state index contributed by atoms with van der Waals surface area (Å²) in [5.41, 5.74) is 2.70. The molecular weight excluding hydrogens is 420 g/mol. The van der Waals surface area contributed by atoms with Gasteiger partial charge in [0.15, 0.2) is 5.43 Å². The molecule has 0 unspecified atom stereocenters. The van der Waals surface area contributed by atoms with E-state index in [4.69, 9.17) is 23.4 Å². The molecule has 0 aliphatic carbocycles. The lowest BCUT2D eigenvalue weighted by Gasteiger charge is -2.14. The largest absolute Gasteiger partial charge is 0.497 e. The van der Waals surface area contributed by atoms with Gasteiger partial charge < -0.3 is 23.4 Å². The number of hydrogen-bond acceptors (Lipinski definition) is 6. The molecule has 6 nitrogen and oxygen atoms in total. The molecule has 0 N–H and O–H groups in total. The Kier molecular flexibility index (Phi) is 6.36. The van der Waals surface area contributed by atoms with Crippen molar-refractivity contribution in [1.82, 2.24) is 0 Å². The smallest absolute Gasteiger partial charge is 0.193 e. The predicted molar refractivity (Wildman–Crippen MR) is 129 cm³/mol. The summed E-state index contributed by atoms with van der Waals surface area (Å²) in [6.45, 7) is 0. The van der Waals surface area contributed by atoms with Gasteiger partial charge in [-0.2, -0.15) is 0 Å². The Hall–Kier alpha value is -4.19. The van der Waals surface area contributed by atoms with Crippen LogP contribution in [0.1, 0.15) is 11.1 Å². The van der Waals surface area contributed by atoms with Gasteiger partial charge in [0.25, 0.3) is 0 Å². The fraction of sp³-hybridized carbons (Fsp3) is 0.148. The van der Waals surface area contributed by atoms with Crippen molar-refractivity contribution < 1.29 is 23.4 Å². The van der Waals surface area contributed by atoms with Gasteiger partial charge in [-0.1, -0.05) is 24.3 Å². The third-order valence-electron chi connectivity index (χ3n) is 5.31. The molecule has 0 saturated heterocycles. The van der Waals surface area contributed by atoms with Crippen molar-refractivity contribution >= 4 is 23.1 Å². The summed E-state index contributed by atoms with van der Waals surface area (Å²) in [5, 5.41) is 0.445. The number of fused-ring (bicyclic) bond motifs is 1. The molecule has 0 aliphatic heterocycles. The van der Waals surface area contributed by atoms with Gasteiger partial charge in [-0.3, -0.25) is 4.79 Å². The van der Waals surface area contributed by atoms with Crippen LogP contribution in [-0.2, 0) is 0 Å². The molecule has 1 aromatic heterocycles. The lowest BCUT2D eigenvalue weighted by Crippen LogP contribution is -2.02. The fourth-order valence-electron chi connectivity index (χ4n) is 3.57. The van der Waals surface area contributed by atoms with Crippen molar-refractivity contribution in [2.45, 2.75) is 0 Å². The van der Waals surface area contributed by atoms with Crippen LogP contribution in [-0.4, -0.2) is 28.4 Å². The molecule has 0 amide bonds. The van der Waals surface area contributed by atoms with Crippen LogP contribution in [0.25, 0.3) is 34.4 Å². The third-order valence-corrected chi connectivity index (χ3v) is 5.31. The highest BCUT2D eigenvalue weighted by molar-refractivity contribution is 5.86. The summed E-state index contributed by atoms with van der Waals surface area (Å²) in [7, 11) is 6.35. The van der Waals surface area contributed by atoms with Crippen LogP contribution in [0.3, 0.4) is 0 Å². The zero-order chi connectivity index (χ0) is 23.4. The van der Waals surface area contributed by atoms with Gasteiger partial charge in [-0.05, 0) is 47.5 Å². The molecule has 1 heterocycles. The van der Waals surface area contributed by atoms with Gasteiger partial charge in [-0.25, -0.2) is 0 Å². The SMILES string of the molecule is COc1ccc(/C=C/c2cc(OC)cc(OC)c2-c2cc(=O)c3cc(OC)ccc3o2)cc1. The fourth-order valence-corrected chi connectivity index (χ4v) is 3.57. The zero-order valence-electron chi connectivity index (χ0n) is 18.9. The molecule has 168 valence electrons. The van der Waals surface area contributed by atoms with Gasteiger partial charge in [0, 0.05) is 12.1 Å². The summed E-state index contributed by atoms with van der Waals surface area (Å²) in [6, 6.07) is 17.9. The first-order valence-electron chi connectivity index (χ1n) is 10.3. The maximum atomic E-state index is 12.9. The minimum absolute atomic E-state index is 0.173. The Morgan fingerprint density at radius 3 is 2.06 bits per heavy atom. The molecule has 6 heteroatoms. The van der Waals surface area contributed by atoms with E-state index in [1.807, 2.05) is 42.5 Å². The molecule has 0 aliphatic rings. The standard InChI is InChI=1S/C27H24O6/c1-29-19-9-6-17(7-10-19)5-8-18-13-21(31-3)15-25(32-4)27(18)26-16-23(28)22-14-20(30-2)11-12-24(22)33-26/h5-16H,1-4H3/b8-5+. The molecule has 0 saturated carbocycles. The van der Waals surface area contributed by atoms with Crippen LogP contribution in [0.5, 0.6) is 23.0 Å². The molecule has 0 bridgehead atoms. The van der Waals surface area contributed by atoms with Crippen molar-refractivity contribution in [3.63, 3.8) is 0 Å². The first kappa shape index (κ1) is 22.0. The van der Waals surface area contributed by atoms with E-state index < -0.39 is 0 Å². The predicted octanol–water partition coefficient (Wildman–Crippen LogP) is 5.66. The van der Waals surface area contributed by atoms with E-state index in [0.29, 0.717) is 39.5 Å². The van der Waals surface area contributed by atoms with Crippen LogP contribution in [0.2, 0.25) is 0 Å². The zero-order valence-corrected chi connectivity index (χ0v) is 18.9. The van der Waals surface area contributed by atoms with E-state index in [0.717, 1.165) is 16.9 Å². The number of methoxy groups -OCH3 is 4. The Bertz CT molecular complexity index is 1370. The summed E-state index contributed by atoms with van der Waals surface area (Å²) in [4.78, 5) is 12.9. The van der Waals surface area contributed by atoms with E-state index in [2.05, 4.69) is 0 Å². The quantitative estimate of drug-likeness (QED) is 0.343. The second-order valence-corrected chi connectivity index (χ2v) is 7.24. The summed E-state index contributed by atoms with van der Waals surface area (Å²) in [5.74, 6) is 2.92. The number of ether oxygens (including phenoxy) is 4. The minimum Gasteiger partial charge on any atom is -0.497 e. The van der Waals surface area contributed by atoms with Crippen LogP contribution in [0.15, 0.2) is 69.9 Å². The van der Waals surface area contributed by atoms with E-state index in [1.165, 1.54) is 6.07 Å². The number of rotatable bonds is 7. The molecule has 0 fully saturated rings. The van der Waals surface area contributed by atoms with Gasteiger partial charge in [0.1, 0.15) is 34.3 Å². The summed E-state index contributed by atoms with van der Waals surface area (Å²) in [6.07, 6.45) is 3.89. The van der Waals surface area contributed by atoms with Crippen molar-refractivity contribution in [1.29, 1.82) is 0 Å². The molecule has 3 aromatic carbocycles. The van der Waals surface area contributed by atoms with Crippen LogP contribution < -0.4 is 24.4 Å². The van der Waals surface area contributed by atoms with Crippen LogP contribution in [0.4, 0.5) is 0 Å². The van der Waals surface area contributed by atoms with E-state index in [9.17, 15) is 4.79 Å². The number of benzene rings is 3. The summed E-state index contributed by atoms with van der Waals surface area (Å²) < 4.78 is 27.7. The van der Waals surface area contributed by atoms with Gasteiger partial charge in [-0.15, -0.1) is 0 Å².